The van der Waals surface area contributed by atoms with Crippen molar-refractivity contribution in [2.75, 3.05) is 26.0 Å². The number of methoxy groups -OCH3 is 1. The average Bonchev–Trinajstić information content (AvgIpc) is 2.40. The molecule has 5 nitrogen and oxygen atoms in total. The van der Waals surface area contributed by atoms with E-state index in [0.717, 1.165) is 0 Å². The number of nitrogen functional groups attached to an aromatic ring is 1. The molecule has 1 aromatic carbocycles. The van der Waals surface area contributed by atoms with Crippen LogP contribution in [-0.4, -0.2) is 43.2 Å². The van der Waals surface area contributed by atoms with Crippen molar-refractivity contribution in [3.63, 3.8) is 0 Å². The first-order chi connectivity index (χ1) is 9.02. The molecule has 2 atom stereocenters. The smallest absolute Gasteiger partial charge is 0.258 e. The third kappa shape index (κ3) is 2.81. The van der Waals surface area contributed by atoms with Crippen LogP contribution in [0.4, 0.5) is 5.69 Å². The Balaban J connectivity index is 2.28. The molecule has 2 rings (SSSR count). The zero-order valence-electron chi connectivity index (χ0n) is 11.6. The standard InChI is InChI=1S/C14H20N2O3/c1-9-8-19-10(2)7-16(9)14(17)12-5-4-11(15)6-13(12)18-3/h4-6,9-10H,7-8,15H2,1-3H3. The lowest BCUT2D eigenvalue weighted by Crippen LogP contribution is -2.50. The van der Waals surface area contributed by atoms with E-state index in [1.54, 1.807) is 18.2 Å². The van der Waals surface area contributed by atoms with Gasteiger partial charge in [0.25, 0.3) is 5.91 Å². The molecule has 104 valence electrons. The number of nitrogens with zero attached hydrogens (tertiary/aromatic N) is 1. The quantitative estimate of drug-likeness (QED) is 0.823. The number of morpholine rings is 1. The van der Waals surface area contributed by atoms with Crippen LogP contribution in [0.5, 0.6) is 5.75 Å². The highest BCUT2D eigenvalue weighted by atomic mass is 16.5. The molecule has 0 saturated carbocycles. The van der Waals surface area contributed by atoms with E-state index in [2.05, 4.69) is 0 Å². The molecule has 1 fully saturated rings. The molecule has 0 spiro atoms. The predicted molar refractivity (Wildman–Crippen MR) is 73.3 cm³/mol. The second-order valence-corrected chi connectivity index (χ2v) is 4.91. The van der Waals surface area contributed by atoms with Crippen molar-refractivity contribution in [2.45, 2.75) is 26.0 Å². The number of benzene rings is 1. The van der Waals surface area contributed by atoms with Gasteiger partial charge in [0.15, 0.2) is 0 Å². The Morgan fingerprint density at radius 1 is 1.47 bits per heavy atom. The molecule has 0 aliphatic carbocycles. The van der Waals surface area contributed by atoms with Crippen LogP contribution >= 0.6 is 0 Å². The van der Waals surface area contributed by atoms with Gasteiger partial charge in [0.05, 0.1) is 31.4 Å². The highest BCUT2D eigenvalue weighted by Gasteiger charge is 2.29. The lowest BCUT2D eigenvalue weighted by molar-refractivity contribution is -0.0387. The van der Waals surface area contributed by atoms with Crippen molar-refractivity contribution >= 4 is 11.6 Å². The first-order valence-electron chi connectivity index (χ1n) is 6.39. The van der Waals surface area contributed by atoms with Crippen LogP contribution in [0, 0.1) is 0 Å². The minimum atomic E-state index is -0.0421. The number of carbonyl (C=O) groups excluding carboxylic acids is 1. The molecule has 5 heteroatoms. The molecule has 19 heavy (non-hydrogen) atoms. The van der Waals surface area contributed by atoms with Crippen molar-refractivity contribution in [2.24, 2.45) is 0 Å². The Morgan fingerprint density at radius 3 is 2.89 bits per heavy atom. The summed E-state index contributed by atoms with van der Waals surface area (Å²) in [6.45, 7) is 5.09. The predicted octanol–water partition coefficient (Wildman–Crippen LogP) is 1.53. The first kappa shape index (κ1) is 13.7. The van der Waals surface area contributed by atoms with Crippen molar-refractivity contribution in [1.29, 1.82) is 0 Å². The van der Waals surface area contributed by atoms with Gasteiger partial charge in [-0.2, -0.15) is 0 Å². The highest BCUT2D eigenvalue weighted by molar-refractivity contribution is 5.97. The molecule has 0 bridgehead atoms. The maximum atomic E-state index is 12.6. The van der Waals surface area contributed by atoms with Crippen molar-refractivity contribution in [1.82, 2.24) is 4.90 Å². The van der Waals surface area contributed by atoms with Gasteiger partial charge in [-0.15, -0.1) is 0 Å². The lowest BCUT2D eigenvalue weighted by atomic mass is 10.1. The molecule has 1 aliphatic rings. The topological polar surface area (TPSA) is 64.8 Å². The Kier molecular flexibility index (Phi) is 3.95. The Morgan fingerprint density at radius 2 is 2.21 bits per heavy atom. The Bertz CT molecular complexity index is 476. The van der Waals surface area contributed by atoms with Gasteiger partial charge < -0.3 is 20.1 Å². The van der Waals surface area contributed by atoms with Gasteiger partial charge in [0, 0.05) is 18.3 Å². The molecule has 1 aromatic rings. The maximum Gasteiger partial charge on any atom is 0.258 e. The summed E-state index contributed by atoms with van der Waals surface area (Å²) in [4.78, 5) is 14.4. The number of hydrogen-bond acceptors (Lipinski definition) is 4. The van der Waals surface area contributed by atoms with E-state index < -0.39 is 0 Å². The fourth-order valence-electron chi connectivity index (χ4n) is 2.23. The van der Waals surface area contributed by atoms with Gasteiger partial charge >= 0.3 is 0 Å². The molecule has 1 heterocycles. The van der Waals surface area contributed by atoms with E-state index in [-0.39, 0.29) is 18.1 Å². The number of amides is 1. The van der Waals surface area contributed by atoms with Gasteiger partial charge in [-0.05, 0) is 26.0 Å². The zero-order chi connectivity index (χ0) is 14.0. The summed E-state index contributed by atoms with van der Waals surface area (Å²) in [5.74, 6) is 0.468. The van der Waals surface area contributed by atoms with E-state index >= 15 is 0 Å². The average molecular weight is 264 g/mol. The van der Waals surface area contributed by atoms with Crippen molar-refractivity contribution in [3.8, 4) is 5.75 Å². The highest BCUT2D eigenvalue weighted by Crippen LogP contribution is 2.25. The fourth-order valence-corrected chi connectivity index (χ4v) is 2.23. The van der Waals surface area contributed by atoms with E-state index in [9.17, 15) is 4.79 Å². The summed E-state index contributed by atoms with van der Waals surface area (Å²) >= 11 is 0. The molecule has 2 N–H and O–H groups in total. The van der Waals surface area contributed by atoms with Crippen LogP contribution in [0.15, 0.2) is 18.2 Å². The second-order valence-electron chi connectivity index (χ2n) is 4.91. The van der Waals surface area contributed by atoms with E-state index in [0.29, 0.717) is 30.2 Å². The summed E-state index contributed by atoms with van der Waals surface area (Å²) in [6, 6.07) is 5.15. The Labute approximate surface area is 113 Å². The number of carbonyl (C=O) groups is 1. The van der Waals surface area contributed by atoms with Crippen LogP contribution in [-0.2, 0) is 4.74 Å². The largest absolute Gasteiger partial charge is 0.496 e. The normalized spacial score (nSPS) is 23.2. The molecule has 0 aromatic heterocycles. The summed E-state index contributed by atoms with van der Waals surface area (Å²) in [5.41, 5.74) is 6.83. The fraction of sp³-hybridized carbons (Fsp3) is 0.500. The summed E-state index contributed by atoms with van der Waals surface area (Å²) in [5, 5.41) is 0. The lowest BCUT2D eigenvalue weighted by Gasteiger charge is -2.37. The van der Waals surface area contributed by atoms with Crippen LogP contribution in [0.1, 0.15) is 24.2 Å². The van der Waals surface area contributed by atoms with E-state index in [4.69, 9.17) is 15.2 Å². The first-order valence-corrected chi connectivity index (χ1v) is 6.39. The van der Waals surface area contributed by atoms with Crippen LogP contribution < -0.4 is 10.5 Å². The minimum absolute atomic E-state index is 0.0421. The van der Waals surface area contributed by atoms with Crippen LogP contribution in [0.3, 0.4) is 0 Å². The minimum Gasteiger partial charge on any atom is -0.496 e. The number of hydrogen-bond donors (Lipinski definition) is 1. The third-order valence-electron chi connectivity index (χ3n) is 3.32. The van der Waals surface area contributed by atoms with Crippen LogP contribution in [0.2, 0.25) is 0 Å². The number of ether oxygens (including phenoxy) is 2. The zero-order valence-corrected chi connectivity index (χ0v) is 11.6. The van der Waals surface area contributed by atoms with Gasteiger partial charge in [0.2, 0.25) is 0 Å². The van der Waals surface area contributed by atoms with Crippen LogP contribution in [0.25, 0.3) is 0 Å². The monoisotopic (exact) mass is 264 g/mol. The number of rotatable bonds is 2. The number of anilines is 1. The summed E-state index contributed by atoms with van der Waals surface area (Å²) in [6.07, 6.45) is 0.0555. The van der Waals surface area contributed by atoms with Gasteiger partial charge in [-0.1, -0.05) is 0 Å². The summed E-state index contributed by atoms with van der Waals surface area (Å²) < 4.78 is 10.8. The SMILES string of the molecule is COc1cc(N)ccc1C(=O)N1CC(C)OCC1C. The maximum absolute atomic E-state index is 12.6. The van der Waals surface area contributed by atoms with Gasteiger partial charge in [-0.25, -0.2) is 0 Å². The molecular formula is C14H20N2O3. The molecule has 1 aliphatic heterocycles. The molecular weight excluding hydrogens is 244 g/mol. The molecule has 2 unspecified atom stereocenters. The van der Waals surface area contributed by atoms with Gasteiger partial charge in [-0.3, -0.25) is 4.79 Å². The number of nitrogens with two attached hydrogens (primary N) is 1. The second kappa shape index (κ2) is 5.48. The Hall–Kier alpha value is -1.75. The van der Waals surface area contributed by atoms with E-state index in [1.165, 1.54) is 7.11 Å². The molecule has 1 amide bonds. The van der Waals surface area contributed by atoms with E-state index in [1.807, 2.05) is 18.7 Å². The molecule has 1 saturated heterocycles. The van der Waals surface area contributed by atoms with Crippen molar-refractivity contribution < 1.29 is 14.3 Å². The van der Waals surface area contributed by atoms with Gasteiger partial charge in [0.1, 0.15) is 5.75 Å². The third-order valence-corrected chi connectivity index (χ3v) is 3.32. The molecule has 0 radical (unpaired) electrons. The summed E-state index contributed by atoms with van der Waals surface area (Å²) in [7, 11) is 1.54. The van der Waals surface area contributed by atoms with Crippen molar-refractivity contribution in [3.05, 3.63) is 23.8 Å².